The van der Waals surface area contributed by atoms with E-state index in [-0.39, 0.29) is 11.3 Å². The molecule has 0 fully saturated rings. The van der Waals surface area contributed by atoms with E-state index in [2.05, 4.69) is 6.92 Å². The number of nitrogens with zero attached hydrogens (tertiary/aromatic N) is 2. The zero-order chi connectivity index (χ0) is 23.5. The molecule has 0 bridgehead atoms. The Bertz CT molecular complexity index is 1380. The molecule has 0 aliphatic heterocycles. The number of carbonyl (C=O) groups excluding carboxylic acids is 1. The van der Waals surface area contributed by atoms with Gasteiger partial charge in [0.05, 0.1) is 29.0 Å². The summed E-state index contributed by atoms with van der Waals surface area (Å²) in [5.74, 6) is 0.559. The predicted octanol–water partition coefficient (Wildman–Crippen LogP) is 5.63. The van der Waals surface area contributed by atoms with Gasteiger partial charge in [-0.05, 0) is 55.7 Å². The first-order chi connectivity index (χ1) is 15.9. The SMILES string of the molecule is CCc1ccc(C(=O)C(C)Sc2nc3ccccc3c(=O)n2-c2cc(C)ccc2OC)cc1. The van der Waals surface area contributed by atoms with E-state index in [9.17, 15) is 9.59 Å². The first-order valence-corrected chi connectivity index (χ1v) is 11.8. The maximum Gasteiger partial charge on any atom is 0.266 e. The number of benzene rings is 3. The van der Waals surface area contributed by atoms with Crippen molar-refractivity contribution in [2.75, 3.05) is 7.11 Å². The number of hydrogen-bond acceptors (Lipinski definition) is 5. The minimum absolute atomic E-state index is 0.00665. The molecule has 0 radical (unpaired) electrons. The number of thioether (sulfide) groups is 1. The molecule has 5 nitrogen and oxygen atoms in total. The lowest BCUT2D eigenvalue weighted by molar-refractivity contribution is 0.0994. The largest absolute Gasteiger partial charge is 0.495 e. The first-order valence-electron chi connectivity index (χ1n) is 10.9. The summed E-state index contributed by atoms with van der Waals surface area (Å²) in [6.45, 7) is 5.89. The Balaban J connectivity index is 1.83. The van der Waals surface area contributed by atoms with Gasteiger partial charge in [-0.1, -0.05) is 61.2 Å². The van der Waals surface area contributed by atoms with Crippen LogP contribution in [0.3, 0.4) is 0 Å². The molecule has 0 amide bonds. The van der Waals surface area contributed by atoms with E-state index < -0.39 is 5.25 Å². The summed E-state index contributed by atoms with van der Waals surface area (Å²) < 4.78 is 7.11. The summed E-state index contributed by atoms with van der Waals surface area (Å²) in [5, 5.41) is 0.528. The van der Waals surface area contributed by atoms with Crippen molar-refractivity contribution in [3.8, 4) is 11.4 Å². The van der Waals surface area contributed by atoms with E-state index in [1.165, 1.54) is 17.3 Å². The minimum Gasteiger partial charge on any atom is -0.495 e. The lowest BCUT2D eigenvalue weighted by atomic mass is 10.1. The zero-order valence-corrected chi connectivity index (χ0v) is 20.0. The van der Waals surface area contributed by atoms with Crippen molar-refractivity contribution >= 4 is 28.4 Å². The van der Waals surface area contributed by atoms with Gasteiger partial charge in [0.2, 0.25) is 0 Å². The molecule has 0 aliphatic rings. The summed E-state index contributed by atoms with van der Waals surface area (Å²) in [4.78, 5) is 31.5. The topological polar surface area (TPSA) is 61.2 Å². The van der Waals surface area contributed by atoms with Crippen molar-refractivity contribution < 1.29 is 9.53 Å². The summed E-state index contributed by atoms with van der Waals surface area (Å²) in [7, 11) is 1.58. The number of ketones is 1. The number of ether oxygens (including phenoxy) is 1. The molecule has 4 rings (SSSR count). The molecule has 6 heteroatoms. The van der Waals surface area contributed by atoms with E-state index in [1.807, 2.05) is 74.5 Å². The second kappa shape index (κ2) is 9.63. The van der Waals surface area contributed by atoms with Crippen LogP contribution in [-0.2, 0) is 6.42 Å². The molecule has 1 heterocycles. The van der Waals surface area contributed by atoms with Gasteiger partial charge in [0, 0.05) is 5.56 Å². The predicted molar refractivity (Wildman–Crippen MR) is 134 cm³/mol. The van der Waals surface area contributed by atoms with Crippen LogP contribution in [0.15, 0.2) is 76.7 Å². The molecule has 1 atom stereocenters. The highest BCUT2D eigenvalue weighted by Gasteiger charge is 2.22. The Labute approximate surface area is 197 Å². The third-order valence-corrected chi connectivity index (χ3v) is 6.67. The Kier molecular flexibility index (Phi) is 6.65. The molecule has 0 aliphatic carbocycles. The van der Waals surface area contributed by atoms with Gasteiger partial charge in [0.25, 0.3) is 5.56 Å². The Morgan fingerprint density at radius 1 is 1.09 bits per heavy atom. The summed E-state index contributed by atoms with van der Waals surface area (Å²) in [6.07, 6.45) is 0.921. The summed E-state index contributed by atoms with van der Waals surface area (Å²) in [5.41, 5.74) is 3.83. The number of methoxy groups -OCH3 is 1. The standard InChI is InChI=1S/C27H26N2O3S/c1-5-19-11-13-20(14-12-19)25(30)18(3)33-27-28-22-9-7-6-8-21(22)26(31)29(27)23-16-17(2)10-15-24(23)32-4/h6-16,18H,5H2,1-4H3. The van der Waals surface area contributed by atoms with Gasteiger partial charge >= 0.3 is 0 Å². The van der Waals surface area contributed by atoms with Crippen LogP contribution < -0.4 is 10.3 Å². The normalized spacial score (nSPS) is 12.0. The third-order valence-electron chi connectivity index (χ3n) is 5.62. The number of fused-ring (bicyclic) bond motifs is 1. The lowest BCUT2D eigenvalue weighted by Crippen LogP contribution is -2.24. The number of para-hydroxylation sites is 1. The fraction of sp³-hybridized carbons (Fsp3) is 0.222. The van der Waals surface area contributed by atoms with Crippen LogP contribution in [0.1, 0.15) is 35.3 Å². The second-order valence-corrected chi connectivity index (χ2v) is 9.21. The number of aromatic nitrogens is 2. The van der Waals surface area contributed by atoms with E-state index >= 15 is 0 Å². The molecule has 4 aromatic rings. The van der Waals surface area contributed by atoms with Gasteiger partial charge < -0.3 is 4.74 Å². The maximum absolute atomic E-state index is 13.6. The highest BCUT2D eigenvalue weighted by atomic mass is 32.2. The van der Waals surface area contributed by atoms with Crippen LogP contribution in [0, 0.1) is 6.92 Å². The number of Topliss-reactive ketones (excluding diaryl/α,β-unsaturated/α-hetero) is 1. The highest BCUT2D eigenvalue weighted by Crippen LogP contribution is 2.31. The van der Waals surface area contributed by atoms with Crippen molar-refractivity contribution in [3.63, 3.8) is 0 Å². The van der Waals surface area contributed by atoms with Crippen molar-refractivity contribution in [2.24, 2.45) is 0 Å². The van der Waals surface area contributed by atoms with Crippen LogP contribution in [0.4, 0.5) is 0 Å². The number of rotatable bonds is 7. The average Bonchev–Trinajstić information content (AvgIpc) is 2.84. The molecule has 1 unspecified atom stereocenters. The fourth-order valence-electron chi connectivity index (χ4n) is 3.73. The Morgan fingerprint density at radius 2 is 1.82 bits per heavy atom. The minimum atomic E-state index is -0.437. The maximum atomic E-state index is 13.6. The van der Waals surface area contributed by atoms with Crippen molar-refractivity contribution in [3.05, 3.63) is 93.8 Å². The van der Waals surface area contributed by atoms with Gasteiger partial charge in [0.15, 0.2) is 10.9 Å². The number of hydrogen-bond donors (Lipinski definition) is 0. The zero-order valence-electron chi connectivity index (χ0n) is 19.2. The van der Waals surface area contributed by atoms with Crippen LogP contribution in [0.5, 0.6) is 5.75 Å². The summed E-state index contributed by atoms with van der Waals surface area (Å²) >= 11 is 1.28. The van der Waals surface area contributed by atoms with Crippen LogP contribution in [0.2, 0.25) is 0 Å². The van der Waals surface area contributed by atoms with E-state index in [4.69, 9.17) is 9.72 Å². The number of aryl methyl sites for hydroxylation is 2. The third kappa shape index (κ3) is 4.57. The van der Waals surface area contributed by atoms with Gasteiger partial charge in [-0.2, -0.15) is 0 Å². The van der Waals surface area contributed by atoms with Gasteiger partial charge in [-0.15, -0.1) is 0 Å². The molecular weight excluding hydrogens is 432 g/mol. The van der Waals surface area contributed by atoms with Crippen molar-refractivity contribution in [1.29, 1.82) is 0 Å². The molecule has 168 valence electrons. The van der Waals surface area contributed by atoms with Gasteiger partial charge in [-0.25, -0.2) is 4.98 Å². The first kappa shape index (κ1) is 22.8. The molecule has 33 heavy (non-hydrogen) atoms. The van der Waals surface area contributed by atoms with Crippen LogP contribution >= 0.6 is 11.8 Å². The second-order valence-electron chi connectivity index (χ2n) is 7.90. The van der Waals surface area contributed by atoms with Crippen LogP contribution in [-0.4, -0.2) is 27.7 Å². The molecule has 0 saturated carbocycles. The molecule has 1 aromatic heterocycles. The molecular formula is C27H26N2O3S. The van der Waals surface area contributed by atoms with Gasteiger partial charge in [-0.3, -0.25) is 14.2 Å². The number of carbonyl (C=O) groups is 1. The monoisotopic (exact) mass is 458 g/mol. The van der Waals surface area contributed by atoms with Crippen molar-refractivity contribution in [2.45, 2.75) is 37.6 Å². The summed E-state index contributed by atoms with van der Waals surface area (Å²) in [6, 6.07) is 20.6. The van der Waals surface area contributed by atoms with E-state index in [0.29, 0.717) is 33.1 Å². The van der Waals surface area contributed by atoms with Gasteiger partial charge in [0.1, 0.15) is 5.75 Å². The fourth-order valence-corrected chi connectivity index (χ4v) is 4.73. The van der Waals surface area contributed by atoms with E-state index in [1.54, 1.807) is 17.7 Å². The Hall–Kier alpha value is -3.38. The quantitative estimate of drug-likeness (QED) is 0.204. The molecule has 0 spiro atoms. The lowest BCUT2D eigenvalue weighted by Gasteiger charge is -2.18. The highest BCUT2D eigenvalue weighted by molar-refractivity contribution is 8.00. The smallest absolute Gasteiger partial charge is 0.266 e. The van der Waals surface area contributed by atoms with Crippen LogP contribution in [0.25, 0.3) is 16.6 Å². The Morgan fingerprint density at radius 3 is 2.52 bits per heavy atom. The molecule has 0 saturated heterocycles. The van der Waals surface area contributed by atoms with Crippen molar-refractivity contribution in [1.82, 2.24) is 9.55 Å². The van der Waals surface area contributed by atoms with E-state index in [0.717, 1.165) is 12.0 Å². The molecule has 3 aromatic carbocycles. The average molecular weight is 459 g/mol. The molecule has 0 N–H and O–H groups in total.